The molecule has 0 saturated carbocycles. The molecule has 0 aliphatic rings. The van der Waals surface area contributed by atoms with Crippen LogP contribution in [0.1, 0.15) is 18.7 Å². The van der Waals surface area contributed by atoms with E-state index in [0.717, 1.165) is 0 Å². The number of nitrogens with one attached hydrogen (secondary N) is 1. The number of nitrogens with zero attached hydrogens (tertiary/aromatic N) is 4. The predicted octanol–water partition coefficient (Wildman–Crippen LogP) is 3.76. The number of alkyl halides is 3. The van der Waals surface area contributed by atoms with Gasteiger partial charge in [-0.3, -0.25) is 0 Å². The Hall–Kier alpha value is -3.14. The number of hydrogen-bond acceptors (Lipinski definition) is 6. The van der Waals surface area contributed by atoms with Crippen LogP contribution >= 0.6 is 0 Å². The van der Waals surface area contributed by atoms with Crippen LogP contribution in [-0.4, -0.2) is 39.2 Å². The Labute approximate surface area is 157 Å². The molecule has 0 amide bonds. The van der Waals surface area contributed by atoms with Gasteiger partial charge in [0.15, 0.2) is 11.2 Å². The highest BCUT2D eigenvalue weighted by Crippen LogP contribution is 2.36. The van der Waals surface area contributed by atoms with Gasteiger partial charge in [0, 0.05) is 30.2 Å². The lowest BCUT2D eigenvalue weighted by Crippen LogP contribution is -2.34. The van der Waals surface area contributed by atoms with E-state index in [0.29, 0.717) is 28.0 Å². The first-order valence-electron chi connectivity index (χ1n) is 8.48. The van der Waals surface area contributed by atoms with Gasteiger partial charge in [-0.05, 0) is 12.6 Å². The number of methoxy groups -OCH3 is 1. The second-order valence-electron chi connectivity index (χ2n) is 6.06. The van der Waals surface area contributed by atoms with Gasteiger partial charge in [0.25, 0.3) is 5.88 Å². The molecule has 4 aromatic rings. The summed E-state index contributed by atoms with van der Waals surface area (Å²) in [5, 5.41) is 2.44. The zero-order chi connectivity index (χ0) is 19.9. The molecule has 10 heteroatoms. The number of rotatable bonds is 5. The maximum Gasteiger partial charge on any atom is 0.409 e. The van der Waals surface area contributed by atoms with E-state index in [-0.39, 0.29) is 18.1 Å². The monoisotopic (exact) mass is 391 g/mol. The number of fused-ring (bicyclic) bond motifs is 2. The Balaban J connectivity index is 1.95. The van der Waals surface area contributed by atoms with E-state index in [1.54, 1.807) is 29.9 Å². The maximum atomic E-state index is 13.6. The lowest BCUT2D eigenvalue weighted by atomic mass is 10.1. The van der Waals surface area contributed by atoms with Crippen LogP contribution < -0.4 is 10.1 Å². The molecule has 0 spiro atoms. The molecule has 0 fully saturated rings. The SMILES string of the molecule is CCNC(c1cc(-c2cn3ccnc3c(OC)n2)c2occc2n1)C(F)(F)F. The van der Waals surface area contributed by atoms with E-state index in [1.807, 2.05) is 0 Å². The fraction of sp³-hybridized carbons (Fsp3) is 0.278. The highest BCUT2D eigenvalue weighted by atomic mass is 19.4. The molecule has 4 heterocycles. The summed E-state index contributed by atoms with van der Waals surface area (Å²) < 4.78 is 53.1. The second kappa shape index (κ2) is 6.79. The zero-order valence-electron chi connectivity index (χ0n) is 15.0. The third-order valence-electron chi connectivity index (χ3n) is 4.27. The lowest BCUT2D eigenvalue weighted by Gasteiger charge is -2.21. The summed E-state index contributed by atoms with van der Waals surface area (Å²) in [6.45, 7) is 1.74. The van der Waals surface area contributed by atoms with Crippen molar-refractivity contribution in [2.24, 2.45) is 0 Å². The van der Waals surface area contributed by atoms with E-state index < -0.39 is 12.2 Å². The first-order chi connectivity index (χ1) is 13.4. The summed E-state index contributed by atoms with van der Waals surface area (Å²) >= 11 is 0. The van der Waals surface area contributed by atoms with Gasteiger partial charge >= 0.3 is 6.18 Å². The first-order valence-corrected chi connectivity index (χ1v) is 8.48. The molecule has 0 radical (unpaired) electrons. The van der Waals surface area contributed by atoms with Gasteiger partial charge in [0.2, 0.25) is 0 Å². The lowest BCUT2D eigenvalue weighted by molar-refractivity contribution is -0.158. The summed E-state index contributed by atoms with van der Waals surface area (Å²) in [5.74, 6) is 0.250. The molecule has 1 atom stereocenters. The Bertz CT molecular complexity index is 1140. The van der Waals surface area contributed by atoms with E-state index in [9.17, 15) is 13.2 Å². The van der Waals surface area contributed by atoms with E-state index >= 15 is 0 Å². The molecule has 0 aliphatic heterocycles. The van der Waals surface area contributed by atoms with Crippen molar-refractivity contribution >= 4 is 16.7 Å². The zero-order valence-corrected chi connectivity index (χ0v) is 15.0. The van der Waals surface area contributed by atoms with Gasteiger partial charge in [-0.2, -0.15) is 13.2 Å². The Morgan fingerprint density at radius 1 is 1.32 bits per heavy atom. The van der Waals surface area contributed by atoms with Crippen molar-refractivity contribution in [3.05, 3.63) is 42.7 Å². The molecule has 1 N–H and O–H groups in total. The first kappa shape index (κ1) is 18.2. The van der Waals surface area contributed by atoms with E-state index in [1.165, 1.54) is 25.5 Å². The number of hydrogen-bond donors (Lipinski definition) is 1. The largest absolute Gasteiger partial charge is 0.478 e. The molecule has 4 rings (SSSR count). The van der Waals surface area contributed by atoms with Crippen LogP contribution in [0.15, 0.2) is 41.4 Å². The van der Waals surface area contributed by atoms with Crippen molar-refractivity contribution in [2.45, 2.75) is 19.1 Å². The molecule has 1 unspecified atom stereocenters. The fourth-order valence-electron chi connectivity index (χ4n) is 3.08. The van der Waals surface area contributed by atoms with Crippen molar-refractivity contribution in [2.75, 3.05) is 13.7 Å². The summed E-state index contributed by atoms with van der Waals surface area (Å²) in [6, 6.07) is 0.959. The number of ether oxygens (including phenoxy) is 1. The Morgan fingerprint density at radius 2 is 2.14 bits per heavy atom. The fourth-order valence-corrected chi connectivity index (χ4v) is 3.08. The van der Waals surface area contributed by atoms with Crippen molar-refractivity contribution in [3.8, 4) is 17.1 Å². The summed E-state index contributed by atoms with van der Waals surface area (Å²) in [4.78, 5) is 12.7. The molecular formula is C18H16F3N5O2. The molecule has 28 heavy (non-hydrogen) atoms. The normalized spacial score (nSPS) is 13.3. The molecule has 146 valence electrons. The molecule has 7 nitrogen and oxygen atoms in total. The number of imidazole rings is 1. The molecular weight excluding hydrogens is 375 g/mol. The molecule has 0 bridgehead atoms. The molecule has 0 aromatic carbocycles. The van der Waals surface area contributed by atoms with Crippen LogP contribution in [0.2, 0.25) is 0 Å². The Kier molecular flexibility index (Phi) is 4.42. The van der Waals surface area contributed by atoms with Gasteiger partial charge in [0.1, 0.15) is 11.6 Å². The minimum absolute atomic E-state index is 0.137. The minimum Gasteiger partial charge on any atom is -0.478 e. The number of pyridine rings is 1. The van der Waals surface area contributed by atoms with Gasteiger partial charge in [-0.1, -0.05) is 6.92 Å². The number of halogens is 3. The van der Waals surface area contributed by atoms with Crippen molar-refractivity contribution < 1.29 is 22.3 Å². The average molecular weight is 391 g/mol. The highest BCUT2D eigenvalue weighted by molar-refractivity contribution is 5.89. The van der Waals surface area contributed by atoms with Crippen LogP contribution in [0, 0.1) is 0 Å². The maximum absolute atomic E-state index is 13.6. The van der Waals surface area contributed by atoms with Crippen LogP contribution in [-0.2, 0) is 0 Å². The molecule has 4 aromatic heterocycles. The molecule has 0 aliphatic carbocycles. The van der Waals surface area contributed by atoms with Crippen molar-refractivity contribution in [3.63, 3.8) is 0 Å². The van der Waals surface area contributed by atoms with Crippen LogP contribution in [0.4, 0.5) is 13.2 Å². The van der Waals surface area contributed by atoms with Gasteiger partial charge in [-0.15, -0.1) is 0 Å². The van der Waals surface area contributed by atoms with Crippen molar-refractivity contribution in [1.82, 2.24) is 24.7 Å². The van der Waals surface area contributed by atoms with Crippen LogP contribution in [0.5, 0.6) is 5.88 Å². The van der Waals surface area contributed by atoms with E-state index in [2.05, 4.69) is 20.3 Å². The van der Waals surface area contributed by atoms with Gasteiger partial charge in [0.05, 0.1) is 24.8 Å². The average Bonchev–Trinajstić information content (AvgIpc) is 3.32. The van der Waals surface area contributed by atoms with Gasteiger partial charge < -0.3 is 18.9 Å². The topological polar surface area (TPSA) is 77.5 Å². The number of aromatic nitrogens is 4. The Morgan fingerprint density at radius 3 is 2.86 bits per heavy atom. The highest BCUT2D eigenvalue weighted by Gasteiger charge is 2.41. The van der Waals surface area contributed by atoms with Crippen LogP contribution in [0.3, 0.4) is 0 Å². The standard InChI is InChI=1S/C18H16F3N5O2/c1-3-22-15(18(19,20)21)12-8-10(14-11(24-12)4-7-28-14)13-9-26-6-5-23-16(26)17(25-13)27-2/h4-9,15,22H,3H2,1-2H3. The second-order valence-corrected chi connectivity index (χ2v) is 6.06. The summed E-state index contributed by atoms with van der Waals surface area (Å²) in [6.07, 6.45) is 1.81. The predicted molar refractivity (Wildman–Crippen MR) is 95.0 cm³/mol. The van der Waals surface area contributed by atoms with E-state index in [4.69, 9.17) is 9.15 Å². The quantitative estimate of drug-likeness (QED) is 0.558. The minimum atomic E-state index is -4.50. The smallest absolute Gasteiger partial charge is 0.409 e. The third-order valence-corrected chi connectivity index (χ3v) is 4.27. The summed E-state index contributed by atoms with van der Waals surface area (Å²) in [5.41, 5.74) is 1.75. The molecule has 0 saturated heterocycles. The van der Waals surface area contributed by atoms with Gasteiger partial charge in [-0.25, -0.2) is 15.0 Å². The summed E-state index contributed by atoms with van der Waals surface area (Å²) in [7, 11) is 1.45. The van der Waals surface area contributed by atoms with Crippen LogP contribution in [0.25, 0.3) is 28.0 Å². The van der Waals surface area contributed by atoms with Crippen molar-refractivity contribution in [1.29, 1.82) is 0 Å². The third kappa shape index (κ3) is 3.05. The number of furan rings is 1.